The first kappa shape index (κ1) is 13.3. The van der Waals surface area contributed by atoms with Gasteiger partial charge >= 0.3 is 12.0 Å². The fourth-order valence-electron chi connectivity index (χ4n) is 1.83. The van der Waals surface area contributed by atoms with Crippen molar-refractivity contribution in [1.82, 2.24) is 9.88 Å². The number of anilines is 1. The summed E-state index contributed by atoms with van der Waals surface area (Å²) in [6, 6.07) is 1.74. The lowest BCUT2D eigenvalue weighted by molar-refractivity contribution is -0.137. The number of carboxylic acid groups (broad SMARTS) is 1. The van der Waals surface area contributed by atoms with E-state index in [1.165, 1.54) is 0 Å². The molecule has 6 nitrogen and oxygen atoms in total. The number of amides is 2. The third-order valence-corrected chi connectivity index (χ3v) is 3.10. The molecule has 1 aromatic heterocycles. The minimum Gasteiger partial charge on any atom is -0.481 e. The Hall–Kier alpha value is -2.11. The average Bonchev–Trinajstić information content (AvgIpc) is 3.16. The molecule has 1 heterocycles. The fourth-order valence-corrected chi connectivity index (χ4v) is 1.83. The van der Waals surface area contributed by atoms with Crippen molar-refractivity contribution in [3.05, 3.63) is 24.0 Å². The maximum absolute atomic E-state index is 12.2. The zero-order chi connectivity index (χ0) is 13.8. The molecular weight excluding hydrogens is 246 g/mol. The van der Waals surface area contributed by atoms with E-state index in [1.54, 1.807) is 17.3 Å². The van der Waals surface area contributed by atoms with Crippen LogP contribution in [-0.2, 0) is 4.79 Å². The lowest BCUT2D eigenvalue weighted by Gasteiger charge is -2.22. The molecule has 0 unspecified atom stereocenters. The second-order valence-electron chi connectivity index (χ2n) is 4.69. The van der Waals surface area contributed by atoms with Crippen molar-refractivity contribution in [1.29, 1.82) is 0 Å². The van der Waals surface area contributed by atoms with Crippen molar-refractivity contribution in [3.63, 3.8) is 0 Å². The molecule has 0 spiro atoms. The summed E-state index contributed by atoms with van der Waals surface area (Å²) in [5.41, 5.74) is 1.59. The molecule has 2 rings (SSSR count). The number of nitrogens with zero attached hydrogens (tertiary/aromatic N) is 2. The van der Waals surface area contributed by atoms with Crippen LogP contribution in [0.4, 0.5) is 10.5 Å². The second kappa shape index (κ2) is 5.69. The van der Waals surface area contributed by atoms with E-state index in [0.717, 1.165) is 18.4 Å². The summed E-state index contributed by atoms with van der Waals surface area (Å²) in [7, 11) is 0. The summed E-state index contributed by atoms with van der Waals surface area (Å²) < 4.78 is 0. The Bertz CT molecular complexity index is 486. The van der Waals surface area contributed by atoms with Gasteiger partial charge in [-0.3, -0.25) is 9.78 Å². The van der Waals surface area contributed by atoms with Gasteiger partial charge in [-0.25, -0.2) is 4.79 Å². The van der Waals surface area contributed by atoms with Crippen LogP contribution in [-0.4, -0.2) is 39.6 Å². The standard InChI is InChI=1S/C13H17N3O3/c1-9-4-6-14-8-11(9)15-13(19)16(10-2-3-10)7-5-12(17)18/h4,6,8,10H,2-3,5,7H2,1H3,(H,15,19)(H,17,18). The third kappa shape index (κ3) is 3.67. The molecule has 0 aromatic carbocycles. The van der Waals surface area contributed by atoms with Crippen molar-refractivity contribution in [2.24, 2.45) is 0 Å². The summed E-state index contributed by atoms with van der Waals surface area (Å²) in [5.74, 6) is -0.893. The molecule has 0 radical (unpaired) electrons. The Morgan fingerprint density at radius 3 is 2.84 bits per heavy atom. The van der Waals surface area contributed by atoms with Gasteiger partial charge in [-0.15, -0.1) is 0 Å². The summed E-state index contributed by atoms with van der Waals surface area (Å²) in [6.07, 6.45) is 5.11. The van der Waals surface area contributed by atoms with Crippen molar-refractivity contribution in [2.75, 3.05) is 11.9 Å². The summed E-state index contributed by atoms with van der Waals surface area (Å²) in [4.78, 5) is 28.3. The lowest BCUT2D eigenvalue weighted by atomic mass is 10.2. The fraction of sp³-hybridized carbons (Fsp3) is 0.462. The van der Waals surface area contributed by atoms with Gasteiger partial charge in [0.1, 0.15) is 0 Å². The van der Waals surface area contributed by atoms with Gasteiger partial charge in [0, 0.05) is 18.8 Å². The normalized spacial score (nSPS) is 13.9. The molecule has 1 saturated carbocycles. The van der Waals surface area contributed by atoms with Crippen molar-refractivity contribution in [3.8, 4) is 0 Å². The summed E-state index contributed by atoms with van der Waals surface area (Å²) >= 11 is 0. The molecule has 0 bridgehead atoms. The van der Waals surface area contributed by atoms with Crippen LogP contribution < -0.4 is 5.32 Å². The minimum absolute atomic E-state index is 0.0318. The summed E-state index contributed by atoms with van der Waals surface area (Å²) in [6.45, 7) is 2.13. The van der Waals surface area contributed by atoms with E-state index in [4.69, 9.17) is 5.11 Å². The highest BCUT2D eigenvalue weighted by molar-refractivity contribution is 5.90. The van der Waals surface area contributed by atoms with Crippen molar-refractivity contribution < 1.29 is 14.7 Å². The first-order chi connectivity index (χ1) is 9.08. The SMILES string of the molecule is Cc1ccncc1NC(=O)N(CCC(=O)O)C1CC1. The first-order valence-electron chi connectivity index (χ1n) is 6.28. The van der Waals surface area contributed by atoms with E-state index in [0.29, 0.717) is 5.69 Å². The number of hydrogen-bond donors (Lipinski definition) is 2. The Kier molecular flexibility index (Phi) is 3.99. The molecule has 0 aliphatic heterocycles. The van der Waals surface area contributed by atoms with Crippen LogP contribution in [0, 0.1) is 6.92 Å². The minimum atomic E-state index is -0.893. The topological polar surface area (TPSA) is 82.5 Å². The second-order valence-corrected chi connectivity index (χ2v) is 4.69. The lowest BCUT2D eigenvalue weighted by Crippen LogP contribution is -2.38. The molecule has 19 heavy (non-hydrogen) atoms. The zero-order valence-electron chi connectivity index (χ0n) is 10.8. The number of urea groups is 1. The highest BCUT2D eigenvalue weighted by Crippen LogP contribution is 2.27. The number of carbonyl (C=O) groups excluding carboxylic acids is 1. The van der Waals surface area contributed by atoms with Gasteiger partial charge in [-0.1, -0.05) is 0 Å². The Labute approximate surface area is 111 Å². The number of rotatable bonds is 5. The average molecular weight is 263 g/mol. The van der Waals surface area contributed by atoms with Gasteiger partial charge in [-0.05, 0) is 31.4 Å². The quantitative estimate of drug-likeness (QED) is 0.849. The number of carboxylic acids is 1. The molecule has 1 aromatic rings. The van der Waals surface area contributed by atoms with Gasteiger partial charge in [0.15, 0.2) is 0 Å². The van der Waals surface area contributed by atoms with E-state index in [9.17, 15) is 9.59 Å². The molecule has 0 atom stereocenters. The molecule has 1 aliphatic rings. The predicted molar refractivity (Wildman–Crippen MR) is 70.0 cm³/mol. The van der Waals surface area contributed by atoms with E-state index >= 15 is 0 Å². The van der Waals surface area contributed by atoms with Crippen LogP contribution in [0.2, 0.25) is 0 Å². The zero-order valence-corrected chi connectivity index (χ0v) is 10.8. The molecule has 102 valence electrons. The predicted octanol–water partition coefficient (Wildman–Crippen LogP) is 1.86. The molecule has 1 aliphatic carbocycles. The van der Waals surface area contributed by atoms with Crippen molar-refractivity contribution in [2.45, 2.75) is 32.2 Å². The number of hydrogen-bond acceptors (Lipinski definition) is 3. The molecular formula is C13H17N3O3. The first-order valence-corrected chi connectivity index (χ1v) is 6.28. The maximum Gasteiger partial charge on any atom is 0.322 e. The van der Waals surface area contributed by atoms with Crippen LogP contribution in [0.3, 0.4) is 0 Å². The number of nitrogens with one attached hydrogen (secondary N) is 1. The maximum atomic E-state index is 12.2. The molecule has 2 N–H and O–H groups in total. The largest absolute Gasteiger partial charge is 0.481 e. The van der Waals surface area contributed by atoms with E-state index in [-0.39, 0.29) is 25.0 Å². The van der Waals surface area contributed by atoms with Gasteiger partial charge in [-0.2, -0.15) is 0 Å². The van der Waals surface area contributed by atoms with Crippen LogP contribution in [0.1, 0.15) is 24.8 Å². The van der Waals surface area contributed by atoms with Gasteiger partial charge in [0.2, 0.25) is 0 Å². The Balaban J connectivity index is 1.99. The monoisotopic (exact) mass is 263 g/mol. The molecule has 0 saturated heterocycles. The number of pyridine rings is 1. The third-order valence-electron chi connectivity index (χ3n) is 3.10. The van der Waals surface area contributed by atoms with E-state index < -0.39 is 5.97 Å². The number of aromatic nitrogens is 1. The van der Waals surface area contributed by atoms with Crippen LogP contribution in [0.5, 0.6) is 0 Å². The molecule has 1 fully saturated rings. The highest BCUT2D eigenvalue weighted by atomic mass is 16.4. The van der Waals surface area contributed by atoms with E-state index in [2.05, 4.69) is 10.3 Å². The number of carbonyl (C=O) groups is 2. The number of aryl methyl sites for hydroxylation is 1. The smallest absolute Gasteiger partial charge is 0.322 e. The van der Waals surface area contributed by atoms with Gasteiger partial charge in [0.25, 0.3) is 0 Å². The highest BCUT2D eigenvalue weighted by Gasteiger charge is 2.32. The van der Waals surface area contributed by atoms with Crippen molar-refractivity contribution >= 4 is 17.7 Å². The van der Waals surface area contributed by atoms with Crippen LogP contribution in [0.15, 0.2) is 18.5 Å². The van der Waals surface area contributed by atoms with Gasteiger partial charge in [0.05, 0.1) is 18.3 Å². The van der Waals surface area contributed by atoms with Crippen LogP contribution in [0.25, 0.3) is 0 Å². The molecule has 6 heteroatoms. The summed E-state index contributed by atoms with van der Waals surface area (Å²) in [5, 5.41) is 11.5. The number of aliphatic carboxylic acids is 1. The van der Waals surface area contributed by atoms with E-state index in [1.807, 2.05) is 13.0 Å². The molecule has 2 amide bonds. The Morgan fingerprint density at radius 1 is 1.53 bits per heavy atom. The van der Waals surface area contributed by atoms with Gasteiger partial charge < -0.3 is 15.3 Å². The Morgan fingerprint density at radius 2 is 2.26 bits per heavy atom. The van der Waals surface area contributed by atoms with Crippen LogP contribution >= 0.6 is 0 Å².